The number of carbonyl (C=O) groups is 3. The van der Waals surface area contributed by atoms with Crippen LogP contribution in [0.3, 0.4) is 0 Å². The molecule has 5 aromatic rings. The zero-order valence-electron chi connectivity index (χ0n) is 20.9. The van der Waals surface area contributed by atoms with E-state index >= 15 is 0 Å². The van der Waals surface area contributed by atoms with Gasteiger partial charge in [0.15, 0.2) is 0 Å². The first-order chi connectivity index (χ1) is 19.8. The molecule has 2 amide bonds. The van der Waals surface area contributed by atoms with Crippen LogP contribution in [-0.4, -0.2) is 24.0 Å². The van der Waals surface area contributed by atoms with Gasteiger partial charge in [0.1, 0.15) is 10.6 Å². The second-order valence-corrected chi connectivity index (χ2v) is 11.3. The first-order valence-electron chi connectivity index (χ1n) is 12.0. The quantitative estimate of drug-likeness (QED) is 0.0792. The van der Waals surface area contributed by atoms with Crippen molar-refractivity contribution in [1.29, 1.82) is 0 Å². The lowest BCUT2D eigenvalue weighted by Gasteiger charge is -2.08. The first kappa shape index (κ1) is 28.5. The number of esters is 1. The van der Waals surface area contributed by atoms with Gasteiger partial charge >= 0.3 is 5.97 Å². The highest BCUT2D eigenvalue weighted by Gasteiger charge is 2.17. The maximum absolute atomic E-state index is 12.8. The van der Waals surface area contributed by atoms with E-state index in [1.54, 1.807) is 66.7 Å². The molecule has 0 aliphatic heterocycles. The van der Waals surface area contributed by atoms with Crippen molar-refractivity contribution in [3.63, 3.8) is 0 Å². The topological polar surface area (TPSA) is 96.9 Å². The number of ether oxygens (including phenoxy) is 1. The molecule has 0 unspecified atom stereocenters. The number of benzene rings is 4. The average Bonchev–Trinajstić information content (AvgIpc) is 3.31. The predicted molar refractivity (Wildman–Crippen MR) is 167 cm³/mol. The highest BCUT2D eigenvalue weighted by molar-refractivity contribution is 9.10. The fourth-order valence-electron chi connectivity index (χ4n) is 3.74. The van der Waals surface area contributed by atoms with Gasteiger partial charge in [0.25, 0.3) is 11.8 Å². The van der Waals surface area contributed by atoms with Crippen molar-refractivity contribution < 1.29 is 19.1 Å². The van der Waals surface area contributed by atoms with E-state index in [1.165, 1.54) is 17.6 Å². The summed E-state index contributed by atoms with van der Waals surface area (Å²) in [5.41, 5.74) is 4.07. The van der Waals surface area contributed by atoms with Crippen LogP contribution in [0, 0.1) is 0 Å². The largest absolute Gasteiger partial charge is 0.422 e. The molecule has 0 bridgehead atoms. The molecule has 204 valence electrons. The van der Waals surface area contributed by atoms with Crippen LogP contribution in [0.15, 0.2) is 101 Å². The van der Waals surface area contributed by atoms with Gasteiger partial charge in [-0.2, -0.15) is 5.10 Å². The monoisotopic (exact) mass is 665 g/mol. The van der Waals surface area contributed by atoms with Gasteiger partial charge in [-0.1, -0.05) is 57.3 Å². The molecule has 11 heteroatoms. The molecule has 0 radical (unpaired) electrons. The van der Waals surface area contributed by atoms with Crippen LogP contribution in [0.2, 0.25) is 10.0 Å². The summed E-state index contributed by atoms with van der Waals surface area (Å²) >= 11 is 17.0. The van der Waals surface area contributed by atoms with Crippen molar-refractivity contribution >= 4 is 90.2 Å². The molecule has 0 spiro atoms. The Kier molecular flexibility index (Phi) is 8.80. The molecule has 1 aromatic heterocycles. The van der Waals surface area contributed by atoms with Crippen LogP contribution in [0.25, 0.3) is 10.1 Å². The molecule has 0 aliphatic carbocycles. The molecule has 0 aliphatic rings. The van der Waals surface area contributed by atoms with E-state index < -0.39 is 11.9 Å². The molecular formula is C30H18BrCl2N3O4S. The van der Waals surface area contributed by atoms with E-state index in [2.05, 4.69) is 31.8 Å². The number of nitrogens with zero attached hydrogens (tertiary/aromatic N) is 1. The SMILES string of the molecule is O=C(N/N=C\c1cc(Br)ccc1OC(=O)c1ccc(Cl)cc1)c1ccc(NC(=O)c2sc3ccccc3c2Cl)cc1. The van der Waals surface area contributed by atoms with E-state index in [0.29, 0.717) is 37.3 Å². The Morgan fingerprint density at radius 2 is 1.56 bits per heavy atom. The van der Waals surface area contributed by atoms with Crippen LogP contribution in [0.4, 0.5) is 5.69 Å². The Morgan fingerprint density at radius 1 is 0.854 bits per heavy atom. The number of fused-ring (bicyclic) bond motifs is 1. The predicted octanol–water partition coefficient (Wildman–Crippen LogP) is 8.21. The molecular weight excluding hydrogens is 649 g/mol. The zero-order valence-corrected chi connectivity index (χ0v) is 24.8. The third-order valence-electron chi connectivity index (χ3n) is 5.77. The minimum absolute atomic E-state index is 0.255. The van der Waals surface area contributed by atoms with Gasteiger partial charge in [-0.15, -0.1) is 11.3 Å². The molecule has 41 heavy (non-hydrogen) atoms. The molecule has 1 heterocycles. The number of hydrogen-bond acceptors (Lipinski definition) is 6. The summed E-state index contributed by atoms with van der Waals surface area (Å²) in [6.07, 6.45) is 1.37. The van der Waals surface area contributed by atoms with Crippen molar-refractivity contribution in [2.75, 3.05) is 5.32 Å². The Balaban J connectivity index is 1.22. The lowest BCUT2D eigenvalue weighted by atomic mass is 10.2. The number of nitrogens with one attached hydrogen (secondary N) is 2. The number of rotatable bonds is 7. The van der Waals surface area contributed by atoms with Gasteiger partial charge in [-0.25, -0.2) is 10.2 Å². The Morgan fingerprint density at radius 3 is 2.29 bits per heavy atom. The highest BCUT2D eigenvalue weighted by atomic mass is 79.9. The van der Waals surface area contributed by atoms with Crippen LogP contribution in [-0.2, 0) is 0 Å². The number of thiophene rings is 1. The number of carbonyl (C=O) groups excluding carboxylic acids is 3. The summed E-state index contributed by atoms with van der Waals surface area (Å²) in [5.74, 6) is -1.12. The van der Waals surface area contributed by atoms with Crippen molar-refractivity contribution in [2.45, 2.75) is 0 Å². The fraction of sp³-hybridized carbons (Fsp3) is 0. The average molecular weight is 667 g/mol. The summed E-state index contributed by atoms with van der Waals surface area (Å²) in [7, 11) is 0. The highest BCUT2D eigenvalue weighted by Crippen LogP contribution is 2.35. The molecule has 0 saturated carbocycles. The Labute approximate surface area is 256 Å². The standard InChI is InChI=1S/C30H18BrCl2N3O4S/c31-20-9-14-24(40-30(39)18-5-10-21(32)11-6-18)19(15-20)16-34-36-28(37)17-7-12-22(13-8-17)35-29(38)27-26(33)23-3-1-2-4-25(23)41-27/h1-16H,(H,35,38)(H,36,37)/b34-16-. The summed E-state index contributed by atoms with van der Waals surface area (Å²) in [5, 5.41) is 8.56. The minimum atomic E-state index is -0.565. The summed E-state index contributed by atoms with van der Waals surface area (Å²) in [6, 6.07) is 25.2. The second-order valence-electron chi connectivity index (χ2n) is 8.55. The number of hydrazone groups is 1. The van der Waals surface area contributed by atoms with Crippen LogP contribution < -0.4 is 15.5 Å². The van der Waals surface area contributed by atoms with Gasteiger partial charge in [0.05, 0.1) is 16.8 Å². The first-order valence-corrected chi connectivity index (χ1v) is 14.3. The molecule has 0 saturated heterocycles. The van der Waals surface area contributed by atoms with Crippen molar-refractivity contribution in [3.05, 3.63) is 127 Å². The number of amides is 2. The third kappa shape index (κ3) is 6.83. The van der Waals surface area contributed by atoms with Gasteiger partial charge in [-0.05, 0) is 72.8 Å². The van der Waals surface area contributed by atoms with Crippen LogP contribution >= 0.6 is 50.5 Å². The number of halogens is 3. The number of hydrogen-bond donors (Lipinski definition) is 2. The molecule has 7 nitrogen and oxygen atoms in total. The molecule has 5 rings (SSSR count). The lowest BCUT2D eigenvalue weighted by molar-refractivity contribution is 0.0734. The van der Waals surface area contributed by atoms with E-state index in [9.17, 15) is 14.4 Å². The second kappa shape index (κ2) is 12.7. The molecule has 4 aromatic carbocycles. The normalized spacial score (nSPS) is 11.0. The van der Waals surface area contributed by atoms with Gasteiger partial charge in [0.2, 0.25) is 0 Å². The van der Waals surface area contributed by atoms with Crippen molar-refractivity contribution in [2.24, 2.45) is 5.10 Å². The molecule has 2 N–H and O–H groups in total. The summed E-state index contributed by atoms with van der Waals surface area (Å²) in [4.78, 5) is 38.4. The Bertz CT molecular complexity index is 1810. The van der Waals surface area contributed by atoms with Gasteiger partial charge < -0.3 is 10.1 Å². The zero-order chi connectivity index (χ0) is 28.9. The molecule has 0 atom stereocenters. The van der Waals surface area contributed by atoms with E-state index in [-0.39, 0.29) is 11.7 Å². The summed E-state index contributed by atoms with van der Waals surface area (Å²) < 4.78 is 7.17. The molecule has 0 fully saturated rings. The van der Waals surface area contributed by atoms with Crippen LogP contribution in [0.5, 0.6) is 5.75 Å². The third-order valence-corrected chi connectivity index (χ3v) is 8.19. The van der Waals surface area contributed by atoms with Gasteiger partial charge in [-0.3, -0.25) is 9.59 Å². The summed E-state index contributed by atoms with van der Waals surface area (Å²) in [6.45, 7) is 0. The van der Waals surface area contributed by atoms with E-state index in [4.69, 9.17) is 27.9 Å². The Hall–Kier alpha value is -4.02. The number of anilines is 1. The lowest BCUT2D eigenvalue weighted by Crippen LogP contribution is -2.18. The van der Waals surface area contributed by atoms with E-state index in [0.717, 1.165) is 14.6 Å². The fourth-order valence-corrected chi connectivity index (χ4v) is 5.65. The maximum Gasteiger partial charge on any atom is 0.343 e. The smallest absolute Gasteiger partial charge is 0.343 e. The van der Waals surface area contributed by atoms with E-state index in [1.807, 2.05) is 24.3 Å². The van der Waals surface area contributed by atoms with Gasteiger partial charge in [0, 0.05) is 36.4 Å². The van der Waals surface area contributed by atoms with Crippen molar-refractivity contribution in [3.8, 4) is 5.75 Å². The van der Waals surface area contributed by atoms with Crippen LogP contribution in [0.1, 0.15) is 36.0 Å². The maximum atomic E-state index is 12.8. The van der Waals surface area contributed by atoms with Crippen molar-refractivity contribution in [1.82, 2.24) is 5.43 Å². The minimum Gasteiger partial charge on any atom is -0.422 e.